The molecule has 0 saturated heterocycles. The minimum absolute atomic E-state index is 0.0765. The predicted octanol–water partition coefficient (Wildman–Crippen LogP) is 0.728. The van der Waals surface area contributed by atoms with Crippen LogP contribution in [0.25, 0.3) is 0 Å². The Morgan fingerprint density at radius 1 is 1.67 bits per heavy atom. The number of aromatic nitrogens is 1. The van der Waals surface area contributed by atoms with Gasteiger partial charge in [-0.3, -0.25) is 9.59 Å². The zero-order valence-electron chi connectivity index (χ0n) is 8.08. The molecule has 0 fully saturated rings. The molecule has 0 saturated carbocycles. The third-order valence-corrected chi connectivity index (χ3v) is 2.06. The van der Waals surface area contributed by atoms with Crippen LogP contribution in [0.3, 0.4) is 0 Å². The maximum absolute atomic E-state index is 11.2. The molecule has 1 rings (SSSR count). The van der Waals surface area contributed by atoms with Gasteiger partial charge in [0.15, 0.2) is 0 Å². The molecule has 1 heterocycles. The molecule has 0 bridgehead atoms. The molecule has 1 aromatic rings. The number of rotatable bonds is 4. The van der Waals surface area contributed by atoms with Gasteiger partial charge in [0.25, 0.3) is 0 Å². The standard InChI is InChI=1S/C9H10ClN3O2/c1-6-2-8(12-3-7(6)10)13-9(15)4-11-5-14/h2-3,5H,4H2,1H3,(H,11,14)(H,12,13,15). The summed E-state index contributed by atoms with van der Waals surface area (Å²) in [6.45, 7) is 1.73. The van der Waals surface area contributed by atoms with Gasteiger partial charge in [-0.1, -0.05) is 11.6 Å². The van der Waals surface area contributed by atoms with Crippen molar-refractivity contribution in [2.75, 3.05) is 11.9 Å². The van der Waals surface area contributed by atoms with Crippen LogP contribution >= 0.6 is 11.6 Å². The van der Waals surface area contributed by atoms with Crippen LogP contribution in [-0.4, -0.2) is 23.8 Å². The molecule has 0 aliphatic rings. The molecular weight excluding hydrogens is 218 g/mol. The Balaban J connectivity index is 2.60. The van der Waals surface area contributed by atoms with Crippen molar-refractivity contribution in [3.8, 4) is 0 Å². The molecule has 0 aliphatic carbocycles. The molecule has 80 valence electrons. The molecule has 0 aliphatic heterocycles. The molecule has 2 amide bonds. The Hall–Kier alpha value is -1.62. The van der Waals surface area contributed by atoms with Gasteiger partial charge in [-0.2, -0.15) is 0 Å². The summed E-state index contributed by atoms with van der Waals surface area (Å²) in [5, 5.41) is 5.30. The monoisotopic (exact) mass is 227 g/mol. The third-order valence-electron chi connectivity index (χ3n) is 1.66. The van der Waals surface area contributed by atoms with Gasteiger partial charge in [-0.05, 0) is 18.6 Å². The van der Waals surface area contributed by atoms with E-state index >= 15 is 0 Å². The number of nitrogens with one attached hydrogen (secondary N) is 2. The summed E-state index contributed by atoms with van der Waals surface area (Å²) >= 11 is 5.77. The number of amides is 2. The highest BCUT2D eigenvalue weighted by molar-refractivity contribution is 6.31. The van der Waals surface area contributed by atoms with Gasteiger partial charge in [0.2, 0.25) is 12.3 Å². The first-order valence-electron chi connectivity index (χ1n) is 4.22. The van der Waals surface area contributed by atoms with Gasteiger partial charge in [0, 0.05) is 6.20 Å². The van der Waals surface area contributed by atoms with E-state index in [0.717, 1.165) is 5.56 Å². The van der Waals surface area contributed by atoms with Crippen LogP contribution in [-0.2, 0) is 9.59 Å². The fourth-order valence-corrected chi connectivity index (χ4v) is 1.03. The van der Waals surface area contributed by atoms with Crippen LogP contribution in [0.2, 0.25) is 5.02 Å². The lowest BCUT2D eigenvalue weighted by atomic mass is 10.3. The first-order valence-corrected chi connectivity index (χ1v) is 4.60. The topological polar surface area (TPSA) is 71.1 Å². The molecule has 0 spiro atoms. The molecule has 0 aromatic carbocycles. The number of carbonyl (C=O) groups is 2. The summed E-state index contributed by atoms with van der Waals surface area (Å²) < 4.78 is 0. The third kappa shape index (κ3) is 3.55. The normalized spacial score (nSPS) is 9.47. The Kier molecular flexibility index (Phi) is 4.05. The molecule has 0 atom stereocenters. The quantitative estimate of drug-likeness (QED) is 0.745. The second-order valence-corrected chi connectivity index (χ2v) is 3.27. The lowest BCUT2D eigenvalue weighted by molar-refractivity contribution is -0.118. The van der Waals surface area contributed by atoms with Gasteiger partial charge >= 0.3 is 0 Å². The van der Waals surface area contributed by atoms with E-state index in [0.29, 0.717) is 17.3 Å². The summed E-state index contributed by atoms with van der Waals surface area (Å²) in [6.07, 6.45) is 1.92. The minimum Gasteiger partial charge on any atom is -0.350 e. The maximum atomic E-state index is 11.2. The Morgan fingerprint density at radius 3 is 3.00 bits per heavy atom. The van der Waals surface area contributed by atoms with Crippen molar-refractivity contribution in [2.45, 2.75) is 6.92 Å². The molecule has 2 N–H and O–H groups in total. The molecule has 15 heavy (non-hydrogen) atoms. The SMILES string of the molecule is Cc1cc(NC(=O)CNC=O)ncc1Cl. The Morgan fingerprint density at radius 2 is 2.40 bits per heavy atom. The minimum atomic E-state index is -0.337. The lowest BCUT2D eigenvalue weighted by Crippen LogP contribution is -2.27. The number of pyridine rings is 1. The van der Waals surface area contributed by atoms with Crippen molar-refractivity contribution < 1.29 is 9.59 Å². The lowest BCUT2D eigenvalue weighted by Gasteiger charge is -2.05. The number of carbonyl (C=O) groups excluding carboxylic acids is 2. The molecule has 0 radical (unpaired) electrons. The molecular formula is C9H10ClN3O2. The van der Waals surface area contributed by atoms with E-state index in [1.165, 1.54) is 6.20 Å². The number of hydrogen-bond acceptors (Lipinski definition) is 3. The van der Waals surface area contributed by atoms with Crippen molar-refractivity contribution in [1.82, 2.24) is 10.3 Å². The van der Waals surface area contributed by atoms with Crippen LogP contribution in [0, 0.1) is 6.92 Å². The van der Waals surface area contributed by atoms with E-state index < -0.39 is 0 Å². The average Bonchev–Trinajstić information content (AvgIpc) is 2.20. The maximum Gasteiger partial charge on any atom is 0.244 e. The molecule has 1 aromatic heterocycles. The fourth-order valence-electron chi connectivity index (χ4n) is 0.929. The second kappa shape index (κ2) is 5.31. The smallest absolute Gasteiger partial charge is 0.244 e. The fraction of sp³-hybridized carbons (Fsp3) is 0.222. The number of anilines is 1. The molecule has 6 heteroatoms. The first-order chi connectivity index (χ1) is 7.13. The number of halogens is 1. The summed E-state index contributed by atoms with van der Waals surface area (Å²) in [5.74, 6) is 0.0749. The van der Waals surface area contributed by atoms with Crippen LogP contribution in [0.4, 0.5) is 5.82 Å². The van der Waals surface area contributed by atoms with Crippen molar-refractivity contribution in [1.29, 1.82) is 0 Å². The van der Waals surface area contributed by atoms with Crippen LogP contribution < -0.4 is 10.6 Å². The summed E-state index contributed by atoms with van der Waals surface area (Å²) in [6, 6.07) is 1.65. The van der Waals surface area contributed by atoms with Gasteiger partial charge in [-0.25, -0.2) is 4.98 Å². The van der Waals surface area contributed by atoms with Gasteiger partial charge in [0.1, 0.15) is 5.82 Å². The van der Waals surface area contributed by atoms with Gasteiger partial charge < -0.3 is 10.6 Å². The molecule has 0 unspecified atom stereocenters. The van der Waals surface area contributed by atoms with Crippen molar-refractivity contribution in [3.63, 3.8) is 0 Å². The van der Waals surface area contributed by atoms with Crippen LogP contribution in [0.5, 0.6) is 0 Å². The Labute approximate surface area is 91.8 Å². The summed E-state index contributed by atoms with van der Waals surface area (Å²) in [4.78, 5) is 25.0. The molecule has 5 nitrogen and oxygen atoms in total. The number of hydrogen-bond donors (Lipinski definition) is 2. The number of aryl methyl sites for hydroxylation is 1. The van der Waals surface area contributed by atoms with Crippen molar-refractivity contribution in [3.05, 3.63) is 22.8 Å². The van der Waals surface area contributed by atoms with E-state index in [2.05, 4.69) is 15.6 Å². The van der Waals surface area contributed by atoms with E-state index in [4.69, 9.17) is 11.6 Å². The Bertz CT molecular complexity index is 382. The zero-order chi connectivity index (χ0) is 11.3. The number of nitrogens with zero attached hydrogens (tertiary/aromatic N) is 1. The van der Waals surface area contributed by atoms with Gasteiger partial charge in [0.05, 0.1) is 11.6 Å². The van der Waals surface area contributed by atoms with Crippen molar-refractivity contribution >= 4 is 29.7 Å². The van der Waals surface area contributed by atoms with E-state index in [1.54, 1.807) is 6.07 Å². The largest absolute Gasteiger partial charge is 0.350 e. The summed E-state index contributed by atoms with van der Waals surface area (Å²) in [5.41, 5.74) is 0.824. The van der Waals surface area contributed by atoms with E-state index in [9.17, 15) is 9.59 Å². The summed E-state index contributed by atoms with van der Waals surface area (Å²) in [7, 11) is 0. The zero-order valence-corrected chi connectivity index (χ0v) is 8.84. The highest BCUT2D eigenvalue weighted by atomic mass is 35.5. The highest BCUT2D eigenvalue weighted by Gasteiger charge is 2.03. The second-order valence-electron chi connectivity index (χ2n) is 2.87. The van der Waals surface area contributed by atoms with Crippen LogP contribution in [0.1, 0.15) is 5.56 Å². The van der Waals surface area contributed by atoms with Crippen LogP contribution in [0.15, 0.2) is 12.3 Å². The van der Waals surface area contributed by atoms with E-state index in [-0.39, 0.29) is 12.5 Å². The highest BCUT2D eigenvalue weighted by Crippen LogP contribution is 2.16. The van der Waals surface area contributed by atoms with E-state index in [1.807, 2.05) is 6.92 Å². The van der Waals surface area contributed by atoms with Gasteiger partial charge in [-0.15, -0.1) is 0 Å². The predicted molar refractivity (Wildman–Crippen MR) is 56.7 cm³/mol. The first kappa shape index (κ1) is 11.5. The average molecular weight is 228 g/mol. The van der Waals surface area contributed by atoms with Crippen molar-refractivity contribution in [2.24, 2.45) is 0 Å².